The highest BCUT2D eigenvalue weighted by Crippen LogP contribution is 2.50. The molecule has 0 bridgehead atoms. The largest absolute Gasteiger partial charge is 0.490 e. The summed E-state index contributed by atoms with van der Waals surface area (Å²) in [7, 11) is 0. The van der Waals surface area contributed by atoms with Crippen molar-refractivity contribution < 1.29 is 32.6 Å². The monoisotopic (exact) mass is 464 g/mol. The molecule has 2 atom stereocenters. The Kier molecular flexibility index (Phi) is 7.40. The first-order valence-corrected chi connectivity index (χ1v) is 11.1. The number of rotatable bonds is 5. The third-order valence-electron chi connectivity index (χ3n) is 6.14. The number of alkyl halides is 3. The molecule has 3 fully saturated rings. The summed E-state index contributed by atoms with van der Waals surface area (Å²) in [5, 5.41) is 17.6. The Labute approximate surface area is 182 Å². The van der Waals surface area contributed by atoms with Gasteiger partial charge in [-0.15, -0.1) is 10.2 Å². The maximum Gasteiger partial charge on any atom is 0.490 e. The average molecular weight is 465 g/mol. The quantitative estimate of drug-likeness (QED) is 0.716. The summed E-state index contributed by atoms with van der Waals surface area (Å²) in [6.07, 6.45) is 0.917. The van der Waals surface area contributed by atoms with E-state index in [1.165, 1.54) is 19.3 Å². The molecule has 1 aromatic rings. The first-order chi connectivity index (χ1) is 14.6. The van der Waals surface area contributed by atoms with Crippen LogP contribution in [-0.4, -0.2) is 77.6 Å². The Morgan fingerprint density at radius 3 is 2.52 bits per heavy atom. The number of carbonyl (C=O) groups is 2. The fourth-order valence-electron chi connectivity index (χ4n) is 4.61. The van der Waals surface area contributed by atoms with Gasteiger partial charge in [0.25, 0.3) is 0 Å². The van der Waals surface area contributed by atoms with Crippen LogP contribution in [-0.2, 0) is 14.3 Å². The normalized spacial score (nSPS) is 25.4. The van der Waals surface area contributed by atoms with Gasteiger partial charge >= 0.3 is 12.1 Å². The van der Waals surface area contributed by atoms with Crippen molar-refractivity contribution >= 4 is 28.3 Å². The maximum absolute atomic E-state index is 12.2. The van der Waals surface area contributed by atoms with Crippen LogP contribution in [0, 0.1) is 18.3 Å². The van der Waals surface area contributed by atoms with Crippen molar-refractivity contribution in [1.82, 2.24) is 15.1 Å². The second-order valence-electron chi connectivity index (χ2n) is 8.32. The van der Waals surface area contributed by atoms with Gasteiger partial charge in [-0.25, -0.2) is 4.79 Å². The Balaban J connectivity index is 0.000000339. The molecule has 174 valence electrons. The van der Waals surface area contributed by atoms with Crippen molar-refractivity contribution in [2.24, 2.45) is 11.3 Å². The fourth-order valence-corrected chi connectivity index (χ4v) is 5.31. The lowest BCUT2D eigenvalue weighted by atomic mass is 9.82. The molecule has 0 aromatic carbocycles. The van der Waals surface area contributed by atoms with Gasteiger partial charge in [-0.3, -0.25) is 4.79 Å². The highest BCUT2D eigenvalue weighted by molar-refractivity contribution is 7.15. The average Bonchev–Trinajstić information content (AvgIpc) is 3.45. The number of hydrogen-bond donors (Lipinski definition) is 1. The molecule has 1 amide bonds. The number of fused-ring (bicyclic) bond motifs is 1. The van der Waals surface area contributed by atoms with Gasteiger partial charge in [0.1, 0.15) is 11.6 Å². The molecule has 12 heteroatoms. The van der Waals surface area contributed by atoms with Crippen LogP contribution in [0.4, 0.5) is 18.3 Å². The number of hydrogen-bond acceptors (Lipinski definition) is 7. The predicted molar refractivity (Wildman–Crippen MR) is 107 cm³/mol. The summed E-state index contributed by atoms with van der Waals surface area (Å²) >= 11 is 1.67. The molecule has 2 aliphatic heterocycles. The number of amides is 1. The number of ether oxygens (including phenoxy) is 1. The zero-order valence-electron chi connectivity index (χ0n) is 17.4. The van der Waals surface area contributed by atoms with Crippen LogP contribution in [0.1, 0.15) is 37.1 Å². The molecule has 8 nitrogen and oxygen atoms in total. The molecule has 3 heterocycles. The number of carboxylic acid groups (broad SMARTS) is 1. The molecular formula is C19H27F3N4O4S. The summed E-state index contributed by atoms with van der Waals surface area (Å²) in [6.45, 7) is 6.79. The maximum atomic E-state index is 12.2. The third-order valence-corrected chi connectivity index (χ3v) is 7.04. The van der Waals surface area contributed by atoms with E-state index in [2.05, 4.69) is 15.1 Å². The van der Waals surface area contributed by atoms with Crippen molar-refractivity contribution in [3.8, 4) is 0 Å². The Morgan fingerprint density at radius 1 is 1.26 bits per heavy atom. The van der Waals surface area contributed by atoms with E-state index >= 15 is 0 Å². The van der Waals surface area contributed by atoms with Crippen molar-refractivity contribution in [2.75, 3.05) is 44.3 Å². The lowest BCUT2D eigenvalue weighted by molar-refractivity contribution is -0.192. The number of aryl methyl sites for hydroxylation is 1. The summed E-state index contributed by atoms with van der Waals surface area (Å²) in [6, 6.07) is 0. The molecule has 4 rings (SSSR count). The van der Waals surface area contributed by atoms with E-state index in [0.29, 0.717) is 12.5 Å². The first kappa shape index (κ1) is 23.7. The predicted octanol–water partition coefficient (Wildman–Crippen LogP) is 2.73. The molecule has 1 saturated carbocycles. The van der Waals surface area contributed by atoms with Crippen molar-refractivity contribution in [3.05, 3.63) is 5.01 Å². The van der Waals surface area contributed by atoms with E-state index in [9.17, 15) is 18.0 Å². The van der Waals surface area contributed by atoms with E-state index < -0.39 is 12.1 Å². The number of aliphatic carboxylic acids is 1. The number of carbonyl (C=O) groups excluding carboxylic acids is 1. The number of likely N-dealkylation sites (tertiary alicyclic amines) is 1. The third kappa shape index (κ3) is 5.85. The Bertz CT molecular complexity index is 784. The van der Waals surface area contributed by atoms with E-state index in [1.54, 1.807) is 11.3 Å². The number of nitrogens with zero attached hydrogens (tertiary/aromatic N) is 4. The topological polar surface area (TPSA) is 95.9 Å². The summed E-state index contributed by atoms with van der Waals surface area (Å²) in [4.78, 5) is 25.4. The zero-order chi connectivity index (χ0) is 22.6. The van der Waals surface area contributed by atoms with Crippen LogP contribution in [0.5, 0.6) is 0 Å². The molecule has 0 radical (unpaired) electrons. The van der Waals surface area contributed by atoms with Crippen LogP contribution >= 0.6 is 11.3 Å². The SMILES string of the molecule is Cc1nnc(N2C[C@H]3CCC[C@@]3(COCC(=O)N3CCCC3)C2)s1.O=C(O)C(F)(F)F. The van der Waals surface area contributed by atoms with Gasteiger partial charge in [-0.05, 0) is 38.5 Å². The molecule has 1 aromatic heterocycles. The molecule has 31 heavy (non-hydrogen) atoms. The van der Waals surface area contributed by atoms with Crippen molar-refractivity contribution in [1.29, 1.82) is 0 Å². The van der Waals surface area contributed by atoms with Crippen molar-refractivity contribution in [2.45, 2.75) is 45.2 Å². The minimum atomic E-state index is -5.08. The van der Waals surface area contributed by atoms with E-state index in [4.69, 9.17) is 14.6 Å². The van der Waals surface area contributed by atoms with Gasteiger partial charge in [-0.2, -0.15) is 13.2 Å². The number of halogens is 3. The Morgan fingerprint density at radius 2 is 1.94 bits per heavy atom. The molecule has 3 aliphatic rings. The van der Waals surface area contributed by atoms with Gasteiger partial charge in [0.2, 0.25) is 11.0 Å². The van der Waals surface area contributed by atoms with Crippen LogP contribution in [0.2, 0.25) is 0 Å². The number of anilines is 1. The van der Waals surface area contributed by atoms with Gasteiger partial charge in [-0.1, -0.05) is 17.8 Å². The van der Waals surface area contributed by atoms with Crippen LogP contribution in [0.3, 0.4) is 0 Å². The van der Waals surface area contributed by atoms with E-state index in [0.717, 1.165) is 49.2 Å². The van der Waals surface area contributed by atoms with Gasteiger partial charge in [0.15, 0.2) is 0 Å². The second kappa shape index (κ2) is 9.68. The minimum Gasteiger partial charge on any atom is -0.475 e. The highest BCUT2D eigenvalue weighted by Gasteiger charge is 2.50. The Hall–Kier alpha value is -1.95. The molecule has 1 N–H and O–H groups in total. The number of carboxylic acids is 1. The molecule has 1 aliphatic carbocycles. The zero-order valence-corrected chi connectivity index (χ0v) is 18.2. The standard InChI is InChI=1S/C17H26N4O2S.C2HF3O2/c1-13-18-19-16(24-13)21-9-14-5-4-6-17(14,11-21)12-23-10-15(22)20-7-2-3-8-20;3-2(4,5)1(6)7/h14H,2-12H2,1H3;(H,6,7)/t14-,17+;/m1./s1. The van der Waals surface area contributed by atoms with Crippen LogP contribution < -0.4 is 4.90 Å². The first-order valence-electron chi connectivity index (χ1n) is 10.3. The van der Waals surface area contributed by atoms with Crippen LogP contribution in [0.15, 0.2) is 0 Å². The lowest BCUT2D eigenvalue weighted by Gasteiger charge is -2.28. The van der Waals surface area contributed by atoms with E-state index in [-0.39, 0.29) is 17.9 Å². The minimum absolute atomic E-state index is 0.160. The summed E-state index contributed by atoms with van der Waals surface area (Å²) in [5.41, 5.74) is 0.199. The molecular weight excluding hydrogens is 437 g/mol. The second-order valence-corrected chi connectivity index (χ2v) is 9.48. The van der Waals surface area contributed by atoms with Gasteiger partial charge in [0.05, 0.1) is 6.61 Å². The summed E-state index contributed by atoms with van der Waals surface area (Å²) < 4.78 is 37.7. The van der Waals surface area contributed by atoms with Gasteiger partial charge < -0.3 is 19.6 Å². The van der Waals surface area contributed by atoms with Gasteiger partial charge in [0, 0.05) is 31.6 Å². The fraction of sp³-hybridized carbons (Fsp3) is 0.789. The lowest BCUT2D eigenvalue weighted by Crippen LogP contribution is -2.36. The van der Waals surface area contributed by atoms with Crippen molar-refractivity contribution in [3.63, 3.8) is 0 Å². The molecule has 2 saturated heterocycles. The summed E-state index contributed by atoms with van der Waals surface area (Å²) in [5.74, 6) is -1.94. The molecule has 0 unspecified atom stereocenters. The highest BCUT2D eigenvalue weighted by atomic mass is 32.1. The molecule has 0 spiro atoms. The van der Waals surface area contributed by atoms with Crippen LogP contribution in [0.25, 0.3) is 0 Å². The van der Waals surface area contributed by atoms with E-state index in [1.807, 2.05) is 11.8 Å². The number of aromatic nitrogens is 2. The smallest absolute Gasteiger partial charge is 0.475 e.